The third-order valence-electron chi connectivity index (χ3n) is 3.62. The molecule has 0 aromatic heterocycles. The second-order valence-corrected chi connectivity index (χ2v) is 5.73. The predicted octanol–water partition coefficient (Wildman–Crippen LogP) is 4.86. The van der Waals surface area contributed by atoms with Gasteiger partial charge in [-0.3, -0.25) is 4.79 Å². The molecule has 0 unspecified atom stereocenters. The topological polar surface area (TPSA) is 47.6 Å². The van der Waals surface area contributed by atoms with Crippen LogP contribution in [-0.4, -0.2) is 19.1 Å². The zero-order chi connectivity index (χ0) is 17.5. The van der Waals surface area contributed by atoms with E-state index in [1.165, 1.54) is 0 Å². The highest BCUT2D eigenvalue weighted by atomic mass is 16.5. The average Bonchev–Trinajstić information content (AvgIpc) is 2.58. The molecule has 0 atom stereocenters. The van der Waals surface area contributed by atoms with Crippen molar-refractivity contribution < 1.29 is 14.3 Å². The highest BCUT2D eigenvalue weighted by Crippen LogP contribution is 2.37. The first kappa shape index (κ1) is 17.9. The van der Waals surface area contributed by atoms with Gasteiger partial charge in [0.15, 0.2) is 0 Å². The number of benzene rings is 2. The molecule has 1 N–H and O–H groups in total. The lowest BCUT2D eigenvalue weighted by atomic mass is 10.0. The average molecular weight is 327 g/mol. The molecule has 0 aliphatic carbocycles. The Balaban J connectivity index is 2.39. The Morgan fingerprint density at radius 3 is 2.21 bits per heavy atom. The van der Waals surface area contributed by atoms with E-state index in [2.05, 4.69) is 19.2 Å². The van der Waals surface area contributed by atoms with E-state index < -0.39 is 0 Å². The van der Waals surface area contributed by atoms with Gasteiger partial charge in [-0.2, -0.15) is 0 Å². The molecule has 2 aromatic rings. The molecule has 0 saturated heterocycles. The lowest BCUT2D eigenvalue weighted by molar-refractivity contribution is 0.102. The molecule has 4 nitrogen and oxygen atoms in total. The number of rotatable bonds is 7. The van der Waals surface area contributed by atoms with Crippen LogP contribution in [0.3, 0.4) is 0 Å². The molecule has 0 saturated carbocycles. The van der Waals surface area contributed by atoms with Crippen LogP contribution in [0.1, 0.15) is 49.5 Å². The van der Waals surface area contributed by atoms with E-state index in [9.17, 15) is 4.79 Å². The van der Waals surface area contributed by atoms with E-state index in [0.717, 1.165) is 11.3 Å². The highest BCUT2D eigenvalue weighted by Gasteiger charge is 2.16. The van der Waals surface area contributed by atoms with Crippen LogP contribution in [0, 0.1) is 0 Å². The second kappa shape index (κ2) is 8.39. The van der Waals surface area contributed by atoms with E-state index in [0.29, 0.717) is 36.1 Å². The standard InChI is InChI=1S/C20H25NO3/c1-5-23-18-13-17(19(24-6-2)12-16(18)14(3)4)21-20(22)15-10-8-7-9-11-15/h7-14H,5-6H2,1-4H3,(H,21,22). The van der Waals surface area contributed by atoms with Crippen LogP contribution >= 0.6 is 0 Å². The minimum atomic E-state index is -0.170. The monoisotopic (exact) mass is 327 g/mol. The molecule has 0 spiro atoms. The zero-order valence-electron chi connectivity index (χ0n) is 14.8. The van der Waals surface area contributed by atoms with Crippen molar-refractivity contribution in [3.8, 4) is 11.5 Å². The largest absolute Gasteiger partial charge is 0.494 e. The van der Waals surface area contributed by atoms with E-state index in [4.69, 9.17) is 9.47 Å². The summed E-state index contributed by atoms with van der Waals surface area (Å²) < 4.78 is 11.5. The number of hydrogen-bond donors (Lipinski definition) is 1. The van der Waals surface area contributed by atoms with Crippen LogP contribution in [0.25, 0.3) is 0 Å². The summed E-state index contributed by atoms with van der Waals surface area (Å²) in [5.41, 5.74) is 2.29. The fourth-order valence-electron chi connectivity index (χ4n) is 2.46. The van der Waals surface area contributed by atoms with Crippen molar-refractivity contribution in [2.24, 2.45) is 0 Å². The maximum atomic E-state index is 12.5. The summed E-state index contributed by atoms with van der Waals surface area (Å²) in [5.74, 6) is 1.56. The SMILES string of the molecule is CCOc1cc(C(C)C)c(OCC)cc1NC(=O)c1ccccc1. The minimum absolute atomic E-state index is 0.170. The maximum absolute atomic E-state index is 12.5. The van der Waals surface area contributed by atoms with E-state index in [1.807, 2.05) is 44.2 Å². The van der Waals surface area contributed by atoms with Crippen molar-refractivity contribution in [2.75, 3.05) is 18.5 Å². The van der Waals surface area contributed by atoms with Crippen molar-refractivity contribution >= 4 is 11.6 Å². The first-order valence-electron chi connectivity index (χ1n) is 8.36. The predicted molar refractivity (Wildman–Crippen MR) is 97.3 cm³/mol. The molecule has 0 aliphatic heterocycles. The summed E-state index contributed by atoms with van der Waals surface area (Å²) in [5, 5.41) is 2.93. The van der Waals surface area contributed by atoms with Gasteiger partial charge in [0.25, 0.3) is 5.91 Å². The van der Waals surface area contributed by atoms with Crippen molar-refractivity contribution in [3.05, 3.63) is 53.6 Å². The van der Waals surface area contributed by atoms with Gasteiger partial charge in [-0.15, -0.1) is 0 Å². The van der Waals surface area contributed by atoms with Crippen LogP contribution in [0.15, 0.2) is 42.5 Å². The molecule has 4 heteroatoms. The minimum Gasteiger partial charge on any atom is -0.494 e. The van der Waals surface area contributed by atoms with Crippen molar-refractivity contribution in [1.82, 2.24) is 0 Å². The summed E-state index contributed by atoms with van der Waals surface area (Å²) >= 11 is 0. The van der Waals surface area contributed by atoms with Gasteiger partial charge >= 0.3 is 0 Å². The van der Waals surface area contributed by atoms with Crippen LogP contribution in [-0.2, 0) is 0 Å². The van der Waals surface area contributed by atoms with Crippen LogP contribution in [0.2, 0.25) is 0 Å². The molecule has 2 rings (SSSR count). The summed E-state index contributed by atoms with van der Waals surface area (Å²) in [6, 6.07) is 12.9. The Bertz CT molecular complexity index is 681. The molecule has 0 heterocycles. The summed E-state index contributed by atoms with van der Waals surface area (Å²) in [6.07, 6.45) is 0. The van der Waals surface area contributed by atoms with Gasteiger partial charge in [-0.1, -0.05) is 32.0 Å². The third kappa shape index (κ3) is 4.28. The number of carbonyl (C=O) groups is 1. The number of nitrogens with one attached hydrogen (secondary N) is 1. The maximum Gasteiger partial charge on any atom is 0.255 e. The van der Waals surface area contributed by atoms with Gasteiger partial charge in [-0.05, 0) is 38.0 Å². The first-order valence-corrected chi connectivity index (χ1v) is 8.36. The van der Waals surface area contributed by atoms with Gasteiger partial charge in [0.05, 0.1) is 18.9 Å². The Kier molecular flexibility index (Phi) is 6.24. The molecule has 0 fully saturated rings. The molecule has 0 radical (unpaired) electrons. The number of hydrogen-bond acceptors (Lipinski definition) is 3. The summed E-state index contributed by atoms with van der Waals surface area (Å²) in [6.45, 7) is 9.18. The van der Waals surface area contributed by atoms with Gasteiger partial charge in [0.2, 0.25) is 0 Å². The van der Waals surface area contributed by atoms with Gasteiger partial charge in [0.1, 0.15) is 11.5 Å². The Labute approximate surface area is 143 Å². The van der Waals surface area contributed by atoms with Gasteiger partial charge < -0.3 is 14.8 Å². The molecular weight excluding hydrogens is 302 g/mol. The number of amides is 1. The molecule has 2 aromatic carbocycles. The molecule has 0 bridgehead atoms. The van der Waals surface area contributed by atoms with E-state index >= 15 is 0 Å². The highest BCUT2D eigenvalue weighted by molar-refractivity contribution is 6.05. The van der Waals surface area contributed by atoms with Gasteiger partial charge in [0, 0.05) is 17.2 Å². The van der Waals surface area contributed by atoms with E-state index in [1.54, 1.807) is 12.1 Å². The molecule has 128 valence electrons. The summed E-state index contributed by atoms with van der Waals surface area (Å²) in [4.78, 5) is 12.5. The Morgan fingerprint density at radius 1 is 1.00 bits per heavy atom. The molecule has 1 amide bonds. The Morgan fingerprint density at radius 2 is 1.62 bits per heavy atom. The lowest BCUT2D eigenvalue weighted by Crippen LogP contribution is -2.13. The van der Waals surface area contributed by atoms with Gasteiger partial charge in [-0.25, -0.2) is 0 Å². The number of anilines is 1. The Hall–Kier alpha value is -2.49. The third-order valence-corrected chi connectivity index (χ3v) is 3.62. The van der Waals surface area contributed by atoms with Crippen molar-refractivity contribution in [1.29, 1.82) is 0 Å². The van der Waals surface area contributed by atoms with Crippen LogP contribution in [0.5, 0.6) is 11.5 Å². The molecule has 0 aliphatic rings. The molecular formula is C20H25NO3. The summed E-state index contributed by atoms with van der Waals surface area (Å²) in [7, 11) is 0. The quantitative estimate of drug-likeness (QED) is 0.790. The molecule has 24 heavy (non-hydrogen) atoms. The number of ether oxygens (including phenoxy) is 2. The number of carbonyl (C=O) groups excluding carboxylic acids is 1. The van der Waals surface area contributed by atoms with Crippen LogP contribution < -0.4 is 14.8 Å². The fraction of sp³-hybridized carbons (Fsp3) is 0.350. The van der Waals surface area contributed by atoms with Crippen molar-refractivity contribution in [2.45, 2.75) is 33.6 Å². The lowest BCUT2D eigenvalue weighted by Gasteiger charge is -2.19. The van der Waals surface area contributed by atoms with Crippen LogP contribution in [0.4, 0.5) is 5.69 Å². The first-order chi connectivity index (χ1) is 11.6. The smallest absolute Gasteiger partial charge is 0.255 e. The van der Waals surface area contributed by atoms with E-state index in [-0.39, 0.29) is 5.91 Å². The van der Waals surface area contributed by atoms with Crippen molar-refractivity contribution in [3.63, 3.8) is 0 Å². The fourth-order valence-corrected chi connectivity index (χ4v) is 2.46. The normalized spacial score (nSPS) is 10.5. The zero-order valence-corrected chi connectivity index (χ0v) is 14.8. The second-order valence-electron chi connectivity index (χ2n) is 5.73.